The van der Waals surface area contributed by atoms with Crippen molar-refractivity contribution in [3.63, 3.8) is 0 Å². The van der Waals surface area contributed by atoms with Crippen molar-refractivity contribution >= 4 is 11.6 Å². The van der Waals surface area contributed by atoms with Crippen LogP contribution >= 0.6 is 11.6 Å². The number of nitrogens with one attached hydrogen (secondary N) is 1. The molecule has 2 unspecified atom stereocenters. The molecule has 0 amide bonds. The Labute approximate surface area is 102 Å². The molecule has 2 aliphatic rings. The quantitative estimate of drug-likeness (QED) is 0.784. The van der Waals surface area contributed by atoms with Gasteiger partial charge in [-0.15, -0.1) is 0 Å². The van der Waals surface area contributed by atoms with Crippen molar-refractivity contribution in [3.05, 3.63) is 34.3 Å². The lowest BCUT2D eigenvalue weighted by Crippen LogP contribution is -2.37. The van der Waals surface area contributed by atoms with E-state index in [0.717, 1.165) is 17.1 Å². The molecule has 2 fully saturated rings. The Morgan fingerprint density at radius 3 is 2.56 bits per heavy atom. The Morgan fingerprint density at radius 2 is 1.88 bits per heavy atom. The molecule has 1 N–H and O–H groups in total. The lowest BCUT2D eigenvalue weighted by Gasteiger charge is -2.30. The third-order valence-corrected chi connectivity index (χ3v) is 4.65. The van der Waals surface area contributed by atoms with Gasteiger partial charge in [-0.1, -0.05) is 29.8 Å². The van der Waals surface area contributed by atoms with Crippen LogP contribution in [0.4, 0.5) is 0 Å². The summed E-state index contributed by atoms with van der Waals surface area (Å²) in [5.41, 5.74) is 2.59. The predicted molar refractivity (Wildman–Crippen MR) is 68.1 cm³/mol. The van der Waals surface area contributed by atoms with Crippen LogP contribution in [0.5, 0.6) is 0 Å². The number of aryl methyl sites for hydroxylation is 1. The zero-order valence-electron chi connectivity index (χ0n) is 9.67. The lowest BCUT2D eigenvalue weighted by atomic mass is 9.85. The van der Waals surface area contributed by atoms with Crippen LogP contribution in [0.1, 0.15) is 42.7 Å². The topological polar surface area (TPSA) is 12.0 Å². The standard InChI is InChI=1S/C14H18ClN/c1-9-3-2-4-13(14(9)15)10-7-11-5-6-12(8-10)16-11/h2-4,10-12,16H,5-8H2,1H3. The van der Waals surface area contributed by atoms with Crippen molar-refractivity contribution in [1.29, 1.82) is 0 Å². The SMILES string of the molecule is Cc1cccc(C2CC3CCC(C2)N3)c1Cl. The van der Waals surface area contributed by atoms with Gasteiger partial charge in [0.25, 0.3) is 0 Å². The fraction of sp³-hybridized carbons (Fsp3) is 0.571. The summed E-state index contributed by atoms with van der Waals surface area (Å²) in [6.45, 7) is 2.10. The first-order valence-electron chi connectivity index (χ1n) is 6.25. The van der Waals surface area contributed by atoms with Gasteiger partial charge in [-0.2, -0.15) is 0 Å². The second kappa shape index (κ2) is 4.05. The van der Waals surface area contributed by atoms with E-state index in [4.69, 9.17) is 11.6 Å². The van der Waals surface area contributed by atoms with Crippen LogP contribution in [0.2, 0.25) is 5.02 Å². The van der Waals surface area contributed by atoms with E-state index < -0.39 is 0 Å². The average Bonchev–Trinajstić information content (AvgIpc) is 2.62. The van der Waals surface area contributed by atoms with Gasteiger partial charge in [0.05, 0.1) is 0 Å². The van der Waals surface area contributed by atoms with Crippen LogP contribution in [-0.4, -0.2) is 12.1 Å². The van der Waals surface area contributed by atoms with Gasteiger partial charge in [-0.05, 0) is 49.7 Å². The lowest BCUT2D eigenvalue weighted by molar-refractivity contribution is 0.363. The van der Waals surface area contributed by atoms with Crippen molar-refractivity contribution < 1.29 is 0 Å². The minimum absolute atomic E-state index is 0.672. The fourth-order valence-electron chi connectivity index (χ4n) is 3.30. The molecule has 86 valence electrons. The molecule has 2 heterocycles. The van der Waals surface area contributed by atoms with Crippen LogP contribution in [0.15, 0.2) is 18.2 Å². The zero-order chi connectivity index (χ0) is 11.1. The van der Waals surface area contributed by atoms with E-state index in [9.17, 15) is 0 Å². The molecule has 1 aromatic rings. The summed E-state index contributed by atoms with van der Waals surface area (Å²) in [5.74, 6) is 0.672. The molecule has 0 spiro atoms. The molecule has 2 heteroatoms. The Morgan fingerprint density at radius 1 is 1.19 bits per heavy atom. The van der Waals surface area contributed by atoms with Gasteiger partial charge in [0.1, 0.15) is 0 Å². The van der Waals surface area contributed by atoms with E-state index >= 15 is 0 Å². The molecule has 2 saturated heterocycles. The van der Waals surface area contributed by atoms with E-state index in [-0.39, 0.29) is 0 Å². The van der Waals surface area contributed by atoms with Crippen molar-refractivity contribution in [2.45, 2.75) is 50.6 Å². The monoisotopic (exact) mass is 235 g/mol. The molecule has 1 aromatic carbocycles. The van der Waals surface area contributed by atoms with Crippen molar-refractivity contribution in [2.24, 2.45) is 0 Å². The number of piperidine rings is 1. The molecule has 16 heavy (non-hydrogen) atoms. The number of hydrogen-bond donors (Lipinski definition) is 1. The molecule has 2 aliphatic heterocycles. The van der Waals surface area contributed by atoms with Gasteiger partial charge in [0.15, 0.2) is 0 Å². The van der Waals surface area contributed by atoms with Gasteiger partial charge < -0.3 is 5.32 Å². The molecule has 3 rings (SSSR count). The van der Waals surface area contributed by atoms with Crippen LogP contribution in [0.25, 0.3) is 0 Å². The van der Waals surface area contributed by atoms with E-state index in [1.54, 1.807) is 0 Å². The fourth-order valence-corrected chi connectivity index (χ4v) is 3.58. The third kappa shape index (κ3) is 1.76. The highest BCUT2D eigenvalue weighted by Crippen LogP contribution is 2.40. The summed E-state index contributed by atoms with van der Waals surface area (Å²) >= 11 is 6.42. The van der Waals surface area contributed by atoms with Crippen LogP contribution in [0.3, 0.4) is 0 Å². The van der Waals surface area contributed by atoms with Crippen LogP contribution in [0, 0.1) is 6.92 Å². The van der Waals surface area contributed by atoms with Gasteiger partial charge in [-0.25, -0.2) is 0 Å². The van der Waals surface area contributed by atoms with Crippen molar-refractivity contribution in [1.82, 2.24) is 5.32 Å². The minimum atomic E-state index is 0.672. The molecule has 0 aliphatic carbocycles. The van der Waals surface area contributed by atoms with E-state index in [2.05, 4.69) is 30.4 Å². The zero-order valence-corrected chi connectivity index (χ0v) is 10.4. The maximum Gasteiger partial charge on any atom is 0.0470 e. The molecule has 0 aromatic heterocycles. The number of fused-ring (bicyclic) bond motifs is 2. The summed E-state index contributed by atoms with van der Waals surface area (Å²) in [6, 6.07) is 7.92. The first-order valence-corrected chi connectivity index (χ1v) is 6.63. The van der Waals surface area contributed by atoms with E-state index in [0.29, 0.717) is 5.92 Å². The molecule has 0 saturated carbocycles. The largest absolute Gasteiger partial charge is 0.311 e. The maximum absolute atomic E-state index is 6.42. The smallest absolute Gasteiger partial charge is 0.0470 e. The van der Waals surface area contributed by atoms with Crippen LogP contribution < -0.4 is 5.32 Å². The van der Waals surface area contributed by atoms with Crippen molar-refractivity contribution in [2.75, 3.05) is 0 Å². The highest BCUT2D eigenvalue weighted by Gasteiger charge is 2.34. The highest BCUT2D eigenvalue weighted by atomic mass is 35.5. The Balaban J connectivity index is 1.89. The molecule has 1 nitrogen and oxygen atoms in total. The van der Waals surface area contributed by atoms with E-state index in [1.165, 1.54) is 36.8 Å². The molecular weight excluding hydrogens is 218 g/mol. The normalized spacial score (nSPS) is 33.0. The second-order valence-corrected chi connectivity index (χ2v) is 5.66. The Kier molecular flexibility index (Phi) is 2.68. The number of halogens is 1. The van der Waals surface area contributed by atoms with Gasteiger partial charge in [0, 0.05) is 17.1 Å². The number of benzene rings is 1. The first-order chi connectivity index (χ1) is 7.74. The third-order valence-electron chi connectivity index (χ3n) is 4.13. The number of hydrogen-bond acceptors (Lipinski definition) is 1. The van der Waals surface area contributed by atoms with Gasteiger partial charge >= 0.3 is 0 Å². The summed E-state index contributed by atoms with van der Waals surface area (Å²) in [7, 11) is 0. The minimum Gasteiger partial charge on any atom is -0.311 e. The van der Waals surface area contributed by atoms with Gasteiger partial charge in [0.2, 0.25) is 0 Å². The molecule has 0 radical (unpaired) electrons. The summed E-state index contributed by atoms with van der Waals surface area (Å²) < 4.78 is 0. The molecule has 2 bridgehead atoms. The summed E-state index contributed by atoms with van der Waals surface area (Å²) in [5, 5.41) is 4.68. The second-order valence-electron chi connectivity index (χ2n) is 5.28. The molecular formula is C14H18ClN. The average molecular weight is 236 g/mol. The maximum atomic E-state index is 6.42. The summed E-state index contributed by atoms with van der Waals surface area (Å²) in [4.78, 5) is 0. The van der Waals surface area contributed by atoms with Gasteiger partial charge in [-0.3, -0.25) is 0 Å². The first kappa shape index (κ1) is 10.6. The van der Waals surface area contributed by atoms with E-state index in [1.807, 2.05) is 0 Å². The predicted octanol–water partition coefficient (Wildman–Crippen LogP) is 3.65. The van der Waals surface area contributed by atoms with Crippen LogP contribution in [-0.2, 0) is 0 Å². The summed E-state index contributed by atoms with van der Waals surface area (Å²) in [6.07, 6.45) is 5.23. The highest BCUT2D eigenvalue weighted by molar-refractivity contribution is 6.32. The number of rotatable bonds is 1. The Hall–Kier alpha value is -0.530. The van der Waals surface area contributed by atoms with Crippen molar-refractivity contribution in [3.8, 4) is 0 Å². The molecule has 2 atom stereocenters. The Bertz CT molecular complexity index is 390.